The van der Waals surface area contributed by atoms with Crippen molar-refractivity contribution in [2.75, 3.05) is 11.5 Å². The van der Waals surface area contributed by atoms with Gasteiger partial charge in [0.05, 0.1) is 17.2 Å². The third kappa shape index (κ3) is 3.31. The van der Waals surface area contributed by atoms with Crippen LogP contribution in [0.15, 0.2) is 30.3 Å². The molecule has 22 heavy (non-hydrogen) atoms. The van der Waals surface area contributed by atoms with Crippen LogP contribution in [0.5, 0.6) is 0 Å². The highest BCUT2D eigenvalue weighted by molar-refractivity contribution is 7.91. The minimum absolute atomic E-state index is 0.00593. The molecule has 0 spiro atoms. The van der Waals surface area contributed by atoms with Gasteiger partial charge in [-0.05, 0) is 24.6 Å². The van der Waals surface area contributed by atoms with Crippen molar-refractivity contribution in [3.05, 3.63) is 41.0 Å². The van der Waals surface area contributed by atoms with Crippen LogP contribution in [0, 0.1) is 0 Å². The summed E-state index contributed by atoms with van der Waals surface area (Å²) in [6, 6.07) is 8.43. The normalized spacial score (nSPS) is 20.0. The number of sulfone groups is 1. The van der Waals surface area contributed by atoms with Gasteiger partial charge in [-0.25, -0.2) is 8.42 Å². The molecule has 2 N–H and O–H groups in total. The van der Waals surface area contributed by atoms with Crippen molar-refractivity contribution < 1.29 is 13.2 Å². The number of halogens is 1. The molecule has 1 aromatic heterocycles. The summed E-state index contributed by atoms with van der Waals surface area (Å²) in [6.07, 6.45) is 0.448. The van der Waals surface area contributed by atoms with Gasteiger partial charge in [0.15, 0.2) is 9.84 Å². The fourth-order valence-electron chi connectivity index (χ4n) is 2.41. The lowest BCUT2D eigenvalue weighted by Gasteiger charge is -2.08. The van der Waals surface area contributed by atoms with E-state index in [9.17, 15) is 13.2 Å². The summed E-state index contributed by atoms with van der Waals surface area (Å²) in [4.78, 5) is 12.1. The number of aromatic amines is 1. The molecule has 1 aromatic carbocycles. The third-order valence-electron chi connectivity index (χ3n) is 3.51. The van der Waals surface area contributed by atoms with Crippen LogP contribution >= 0.6 is 11.6 Å². The van der Waals surface area contributed by atoms with Crippen LogP contribution in [0.1, 0.15) is 16.9 Å². The summed E-state index contributed by atoms with van der Waals surface area (Å²) < 4.78 is 22.8. The van der Waals surface area contributed by atoms with Crippen LogP contribution < -0.4 is 5.32 Å². The molecule has 3 rings (SSSR count). The predicted molar refractivity (Wildman–Crippen MR) is 83.6 cm³/mol. The van der Waals surface area contributed by atoms with Crippen molar-refractivity contribution in [1.82, 2.24) is 15.5 Å². The lowest BCUT2D eigenvalue weighted by atomic mass is 10.1. The predicted octanol–water partition coefficient (Wildman–Crippen LogP) is 1.65. The number of amides is 1. The fraction of sp³-hybridized carbons (Fsp3) is 0.286. The molecule has 0 saturated carbocycles. The number of hydrogen-bond donors (Lipinski definition) is 2. The minimum atomic E-state index is -3.02. The molecule has 1 aliphatic heterocycles. The molecule has 0 bridgehead atoms. The minimum Gasteiger partial charge on any atom is -0.347 e. The van der Waals surface area contributed by atoms with Crippen LogP contribution in [-0.4, -0.2) is 42.1 Å². The second kappa shape index (κ2) is 5.73. The van der Waals surface area contributed by atoms with E-state index in [-0.39, 0.29) is 23.5 Å². The Kier molecular flexibility index (Phi) is 3.92. The molecule has 8 heteroatoms. The molecule has 1 fully saturated rings. The topological polar surface area (TPSA) is 91.9 Å². The summed E-state index contributed by atoms with van der Waals surface area (Å²) in [5, 5.41) is 10.0. The van der Waals surface area contributed by atoms with Crippen molar-refractivity contribution in [2.45, 2.75) is 12.5 Å². The van der Waals surface area contributed by atoms with Gasteiger partial charge in [-0.15, -0.1) is 0 Å². The van der Waals surface area contributed by atoms with Gasteiger partial charge in [-0.2, -0.15) is 5.10 Å². The molecule has 6 nitrogen and oxygen atoms in total. The van der Waals surface area contributed by atoms with E-state index in [2.05, 4.69) is 15.5 Å². The van der Waals surface area contributed by atoms with E-state index < -0.39 is 9.84 Å². The molecule has 1 aliphatic rings. The van der Waals surface area contributed by atoms with Crippen molar-refractivity contribution in [3.63, 3.8) is 0 Å². The van der Waals surface area contributed by atoms with Gasteiger partial charge < -0.3 is 5.32 Å². The summed E-state index contributed by atoms with van der Waals surface area (Å²) in [5.74, 6) is -0.245. The zero-order chi connectivity index (χ0) is 15.7. The number of nitrogens with one attached hydrogen (secondary N) is 2. The van der Waals surface area contributed by atoms with E-state index in [4.69, 9.17) is 11.6 Å². The Morgan fingerprint density at radius 2 is 2.18 bits per heavy atom. The summed E-state index contributed by atoms with van der Waals surface area (Å²) >= 11 is 5.93. The van der Waals surface area contributed by atoms with E-state index in [1.165, 1.54) is 0 Å². The number of benzene rings is 1. The molecular formula is C14H14ClN3O3S. The van der Waals surface area contributed by atoms with Crippen LogP contribution in [0.3, 0.4) is 0 Å². The third-order valence-corrected chi connectivity index (χ3v) is 5.51. The molecule has 1 atom stereocenters. The second-order valence-electron chi connectivity index (χ2n) is 5.25. The summed E-state index contributed by atoms with van der Waals surface area (Å²) in [6.45, 7) is 0. The van der Waals surface area contributed by atoms with Gasteiger partial charge >= 0.3 is 0 Å². The van der Waals surface area contributed by atoms with Crippen LogP contribution in [0.4, 0.5) is 0 Å². The fourth-order valence-corrected chi connectivity index (χ4v) is 4.27. The van der Waals surface area contributed by atoms with Gasteiger partial charge in [0, 0.05) is 16.6 Å². The van der Waals surface area contributed by atoms with Gasteiger partial charge in [0.25, 0.3) is 5.91 Å². The first-order valence-electron chi connectivity index (χ1n) is 6.75. The number of aromatic nitrogens is 2. The Morgan fingerprint density at radius 3 is 2.86 bits per heavy atom. The number of carbonyl (C=O) groups excluding carboxylic acids is 1. The standard InChI is InChI=1S/C14H14ClN3O3S/c15-10-3-1-2-9(6-10)12-7-13(18-17-12)14(19)16-11-4-5-22(20,21)8-11/h1-3,6-7,11H,4-5,8H2,(H,16,19)(H,17,18). The van der Waals surface area contributed by atoms with Crippen molar-refractivity contribution >= 4 is 27.3 Å². The molecule has 1 amide bonds. The van der Waals surface area contributed by atoms with Crippen molar-refractivity contribution in [3.8, 4) is 11.3 Å². The average Bonchev–Trinajstić information content (AvgIpc) is 3.06. The smallest absolute Gasteiger partial charge is 0.269 e. The number of H-pyrrole nitrogens is 1. The van der Waals surface area contributed by atoms with Gasteiger partial charge in [0.1, 0.15) is 5.69 Å². The molecule has 1 saturated heterocycles. The van der Waals surface area contributed by atoms with E-state index in [1.807, 2.05) is 6.07 Å². The maximum Gasteiger partial charge on any atom is 0.269 e. The first-order valence-corrected chi connectivity index (χ1v) is 8.95. The highest BCUT2D eigenvalue weighted by atomic mass is 35.5. The van der Waals surface area contributed by atoms with E-state index in [1.54, 1.807) is 24.3 Å². The summed E-state index contributed by atoms with van der Waals surface area (Å²) in [7, 11) is -3.02. The van der Waals surface area contributed by atoms with Crippen molar-refractivity contribution in [1.29, 1.82) is 0 Å². The van der Waals surface area contributed by atoms with Crippen molar-refractivity contribution in [2.24, 2.45) is 0 Å². The van der Waals surface area contributed by atoms with Crippen LogP contribution in [0.25, 0.3) is 11.3 Å². The number of nitrogens with zero attached hydrogens (tertiary/aromatic N) is 1. The van der Waals surface area contributed by atoms with Gasteiger partial charge in [-0.3, -0.25) is 9.89 Å². The van der Waals surface area contributed by atoms with Crippen LogP contribution in [-0.2, 0) is 9.84 Å². The molecule has 116 valence electrons. The van der Waals surface area contributed by atoms with E-state index >= 15 is 0 Å². The lowest BCUT2D eigenvalue weighted by molar-refractivity contribution is 0.0936. The zero-order valence-corrected chi connectivity index (χ0v) is 13.1. The molecule has 2 aromatic rings. The summed E-state index contributed by atoms with van der Waals surface area (Å²) in [5.41, 5.74) is 1.69. The zero-order valence-electron chi connectivity index (χ0n) is 11.5. The first-order chi connectivity index (χ1) is 10.4. The number of rotatable bonds is 3. The molecule has 1 unspecified atom stereocenters. The number of hydrogen-bond acceptors (Lipinski definition) is 4. The number of carbonyl (C=O) groups is 1. The molecule has 2 heterocycles. The Morgan fingerprint density at radius 1 is 1.36 bits per heavy atom. The second-order valence-corrected chi connectivity index (χ2v) is 7.92. The van der Waals surface area contributed by atoms with E-state index in [0.717, 1.165) is 5.56 Å². The van der Waals surface area contributed by atoms with E-state index in [0.29, 0.717) is 22.8 Å². The quantitative estimate of drug-likeness (QED) is 0.889. The maximum absolute atomic E-state index is 12.1. The Balaban J connectivity index is 1.72. The molecular weight excluding hydrogens is 326 g/mol. The monoisotopic (exact) mass is 339 g/mol. The Hall–Kier alpha value is -1.86. The average molecular weight is 340 g/mol. The van der Waals surface area contributed by atoms with Crippen LogP contribution in [0.2, 0.25) is 5.02 Å². The highest BCUT2D eigenvalue weighted by Crippen LogP contribution is 2.21. The Bertz CT molecular complexity index is 816. The lowest BCUT2D eigenvalue weighted by Crippen LogP contribution is -2.35. The maximum atomic E-state index is 12.1. The van der Waals surface area contributed by atoms with Gasteiger partial charge in [0.2, 0.25) is 0 Å². The Labute approximate surface area is 132 Å². The first kappa shape index (κ1) is 15.1. The molecule has 0 aliphatic carbocycles. The van der Waals surface area contributed by atoms with Gasteiger partial charge in [-0.1, -0.05) is 23.7 Å². The SMILES string of the molecule is O=C(NC1CCS(=O)(=O)C1)c1cc(-c2cccc(Cl)c2)n[nH]1. The largest absolute Gasteiger partial charge is 0.347 e. The highest BCUT2D eigenvalue weighted by Gasteiger charge is 2.29. The molecule has 0 radical (unpaired) electrons.